The summed E-state index contributed by atoms with van der Waals surface area (Å²) in [6.07, 6.45) is 4.87. The number of nitrogens with zero attached hydrogens (tertiary/aromatic N) is 2. The number of amides is 2. The Bertz CT molecular complexity index is 774. The molecule has 2 aromatic rings. The summed E-state index contributed by atoms with van der Waals surface area (Å²) in [6.45, 7) is 2.82. The monoisotopic (exact) mass is 353 g/mol. The van der Waals surface area contributed by atoms with Gasteiger partial charge in [0.05, 0.1) is 18.4 Å². The lowest BCUT2D eigenvalue weighted by molar-refractivity contribution is -0.136. The Labute approximate surface area is 153 Å². The molecule has 0 radical (unpaired) electrons. The van der Waals surface area contributed by atoms with E-state index in [1.807, 2.05) is 24.3 Å². The van der Waals surface area contributed by atoms with Crippen molar-refractivity contribution < 1.29 is 14.3 Å². The number of aryl methyl sites for hydroxylation is 1. The van der Waals surface area contributed by atoms with E-state index in [1.165, 1.54) is 5.56 Å². The maximum atomic E-state index is 12.1. The van der Waals surface area contributed by atoms with E-state index in [2.05, 4.69) is 17.2 Å². The fourth-order valence-corrected chi connectivity index (χ4v) is 2.87. The van der Waals surface area contributed by atoms with E-state index in [9.17, 15) is 9.59 Å². The fourth-order valence-electron chi connectivity index (χ4n) is 2.87. The molecule has 6 heteroatoms. The zero-order chi connectivity index (χ0) is 18.4. The van der Waals surface area contributed by atoms with Gasteiger partial charge in [-0.25, -0.2) is 4.98 Å². The largest absolute Gasteiger partial charge is 0.439 e. The number of likely N-dealkylation sites (tertiary alicyclic amines) is 1. The average Bonchev–Trinajstić information content (AvgIpc) is 2.65. The van der Waals surface area contributed by atoms with Crippen molar-refractivity contribution in [2.45, 2.75) is 32.6 Å². The molecule has 3 rings (SSSR count). The number of anilines is 1. The van der Waals surface area contributed by atoms with Crippen molar-refractivity contribution in [2.24, 2.45) is 0 Å². The van der Waals surface area contributed by atoms with Crippen LogP contribution in [-0.2, 0) is 16.0 Å². The van der Waals surface area contributed by atoms with Crippen LogP contribution in [0.25, 0.3) is 0 Å². The number of rotatable bonds is 6. The van der Waals surface area contributed by atoms with Gasteiger partial charge in [-0.3, -0.25) is 9.59 Å². The van der Waals surface area contributed by atoms with Crippen molar-refractivity contribution in [3.63, 3.8) is 0 Å². The lowest BCUT2D eigenvalue weighted by atomic mass is 10.1. The second-order valence-electron chi connectivity index (χ2n) is 6.31. The van der Waals surface area contributed by atoms with E-state index in [0.717, 1.165) is 25.0 Å². The Morgan fingerprint density at radius 2 is 2.15 bits per heavy atom. The second kappa shape index (κ2) is 8.47. The minimum Gasteiger partial charge on any atom is -0.439 e. The van der Waals surface area contributed by atoms with Crippen molar-refractivity contribution in [3.05, 3.63) is 48.2 Å². The zero-order valence-corrected chi connectivity index (χ0v) is 14.9. The summed E-state index contributed by atoms with van der Waals surface area (Å²) in [6, 6.07) is 11.3. The molecule has 1 fully saturated rings. The number of ether oxygens (including phenoxy) is 1. The first-order chi connectivity index (χ1) is 12.6. The maximum Gasteiger partial charge on any atom is 0.244 e. The van der Waals surface area contributed by atoms with Crippen LogP contribution in [0.2, 0.25) is 0 Å². The predicted molar refractivity (Wildman–Crippen MR) is 99.2 cm³/mol. The first-order valence-electron chi connectivity index (χ1n) is 8.94. The van der Waals surface area contributed by atoms with E-state index in [1.54, 1.807) is 23.2 Å². The lowest BCUT2D eigenvalue weighted by Crippen LogP contribution is -2.40. The Morgan fingerprint density at radius 1 is 1.27 bits per heavy atom. The normalized spacial score (nSPS) is 14.2. The van der Waals surface area contributed by atoms with E-state index in [-0.39, 0.29) is 18.4 Å². The van der Waals surface area contributed by atoms with Gasteiger partial charge >= 0.3 is 0 Å². The standard InChI is InChI=1S/C20H23N3O3/c1-2-15-6-5-7-17(12-15)26-19-10-9-16(13-21-19)22-18(24)14-23-11-4-3-8-20(23)25/h5-7,9-10,12-13H,2-4,8,11,14H2,1H3,(H,22,24). The highest BCUT2D eigenvalue weighted by atomic mass is 16.5. The summed E-state index contributed by atoms with van der Waals surface area (Å²) in [5.74, 6) is 1.02. The van der Waals surface area contributed by atoms with Crippen LogP contribution < -0.4 is 10.1 Å². The van der Waals surface area contributed by atoms with Crippen LogP contribution in [0.15, 0.2) is 42.6 Å². The van der Waals surface area contributed by atoms with Gasteiger partial charge in [0.15, 0.2) is 0 Å². The van der Waals surface area contributed by atoms with Crippen molar-refractivity contribution in [3.8, 4) is 11.6 Å². The molecular weight excluding hydrogens is 330 g/mol. The summed E-state index contributed by atoms with van der Waals surface area (Å²) < 4.78 is 5.74. The highest BCUT2D eigenvalue weighted by Gasteiger charge is 2.20. The molecule has 1 aliphatic rings. The third-order valence-electron chi connectivity index (χ3n) is 4.31. The summed E-state index contributed by atoms with van der Waals surface area (Å²) >= 11 is 0. The molecule has 1 saturated heterocycles. The molecule has 1 aliphatic heterocycles. The molecule has 6 nitrogen and oxygen atoms in total. The number of piperidine rings is 1. The van der Waals surface area contributed by atoms with Gasteiger partial charge in [0.2, 0.25) is 17.7 Å². The highest BCUT2D eigenvalue weighted by molar-refractivity contribution is 5.94. The van der Waals surface area contributed by atoms with E-state index in [0.29, 0.717) is 24.5 Å². The number of aromatic nitrogens is 1. The molecule has 0 saturated carbocycles. The minimum atomic E-state index is -0.216. The van der Waals surface area contributed by atoms with Crippen LogP contribution >= 0.6 is 0 Å². The topological polar surface area (TPSA) is 71.5 Å². The molecule has 136 valence electrons. The second-order valence-corrected chi connectivity index (χ2v) is 6.31. The molecule has 2 heterocycles. The summed E-state index contributed by atoms with van der Waals surface area (Å²) in [4.78, 5) is 29.7. The average molecular weight is 353 g/mol. The molecular formula is C20H23N3O3. The molecule has 1 N–H and O–H groups in total. The Morgan fingerprint density at radius 3 is 2.88 bits per heavy atom. The molecule has 1 aromatic carbocycles. The van der Waals surface area contributed by atoms with E-state index < -0.39 is 0 Å². The maximum absolute atomic E-state index is 12.1. The van der Waals surface area contributed by atoms with Crippen LogP contribution in [0.4, 0.5) is 5.69 Å². The number of benzene rings is 1. The molecule has 26 heavy (non-hydrogen) atoms. The van der Waals surface area contributed by atoms with Gasteiger partial charge in [-0.2, -0.15) is 0 Å². The van der Waals surface area contributed by atoms with Crippen LogP contribution in [0, 0.1) is 0 Å². The molecule has 0 bridgehead atoms. The first-order valence-corrected chi connectivity index (χ1v) is 8.94. The van der Waals surface area contributed by atoms with E-state index in [4.69, 9.17) is 4.74 Å². The molecule has 0 atom stereocenters. The van der Waals surface area contributed by atoms with Crippen molar-refractivity contribution in [2.75, 3.05) is 18.4 Å². The molecule has 0 aliphatic carbocycles. The smallest absolute Gasteiger partial charge is 0.244 e. The minimum absolute atomic E-state index is 0.0441. The van der Waals surface area contributed by atoms with Crippen molar-refractivity contribution in [1.29, 1.82) is 0 Å². The third-order valence-corrected chi connectivity index (χ3v) is 4.31. The number of pyridine rings is 1. The molecule has 2 amide bonds. The molecule has 0 spiro atoms. The van der Waals surface area contributed by atoms with Crippen LogP contribution in [0.3, 0.4) is 0 Å². The Hall–Kier alpha value is -2.89. The fraction of sp³-hybridized carbons (Fsp3) is 0.350. The number of hydrogen-bond acceptors (Lipinski definition) is 4. The zero-order valence-electron chi connectivity index (χ0n) is 14.9. The van der Waals surface area contributed by atoms with Gasteiger partial charge < -0.3 is 15.0 Å². The molecule has 0 unspecified atom stereocenters. The van der Waals surface area contributed by atoms with Crippen LogP contribution in [0.5, 0.6) is 11.6 Å². The highest BCUT2D eigenvalue weighted by Crippen LogP contribution is 2.21. The van der Waals surface area contributed by atoms with Gasteiger partial charge in [-0.15, -0.1) is 0 Å². The van der Waals surface area contributed by atoms with Gasteiger partial charge in [0.25, 0.3) is 0 Å². The number of carbonyl (C=O) groups excluding carboxylic acids is 2. The van der Waals surface area contributed by atoms with Gasteiger partial charge in [0, 0.05) is 19.0 Å². The van der Waals surface area contributed by atoms with Gasteiger partial charge in [-0.05, 0) is 43.0 Å². The summed E-state index contributed by atoms with van der Waals surface area (Å²) in [5.41, 5.74) is 1.77. The summed E-state index contributed by atoms with van der Waals surface area (Å²) in [7, 11) is 0. The first kappa shape index (κ1) is 17.9. The molecule has 1 aromatic heterocycles. The van der Waals surface area contributed by atoms with Gasteiger partial charge in [-0.1, -0.05) is 19.1 Å². The SMILES string of the molecule is CCc1cccc(Oc2ccc(NC(=O)CN3CCCCC3=O)cn2)c1. The van der Waals surface area contributed by atoms with Crippen molar-refractivity contribution in [1.82, 2.24) is 9.88 Å². The Kier molecular flexibility index (Phi) is 5.84. The number of nitrogens with one attached hydrogen (secondary N) is 1. The number of hydrogen-bond donors (Lipinski definition) is 1. The van der Waals surface area contributed by atoms with Crippen molar-refractivity contribution >= 4 is 17.5 Å². The van der Waals surface area contributed by atoms with Crippen LogP contribution in [-0.4, -0.2) is 34.8 Å². The number of carbonyl (C=O) groups is 2. The van der Waals surface area contributed by atoms with E-state index >= 15 is 0 Å². The third kappa shape index (κ3) is 4.81. The quantitative estimate of drug-likeness (QED) is 0.864. The predicted octanol–water partition coefficient (Wildman–Crippen LogP) is 3.39. The van der Waals surface area contributed by atoms with Gasteiger partial charge in [0.1, 0.15) is 5.75 Å². The lowest BCUT2D eigenvalue weighted by Gasteiger charge is -2.25. The van der Waals surface area contributed by atoms with Crippen LogP contribution in [0.1, 0.15) is 31.7 Å². The Balaban J connectivity index is 1.55. The summed E-state index contributed by atoms with van der Waals surface area (Å²) in [5, 5.41) is 2.77.